The first-order valence-corrected chi connectivity index (χ1v) is 14.0. The summed E-state index contributed by atoms with van der Waals surface area (Å²) in [4.78, 5) is 18.9. The van der Waals surface area contributed by atoms with Crippen molar-refractivity contribution < 1.29 is 18.0 Å². The number of hydrogen-bond acceptors (Lipinski definition) is 4. The van der Waals surface area contributed by atoms with Gasteiger partial charge in [-0.05, 0) is 67.0 Å². The zero-order valence-electron chi connectivity index (χ0n) is 23.7. The summed E-state index contributed by atoms with van der Waals surface area (Å²) < 4.78 is 43.2. The van der Waals surface area contributed by atoms with Gasteiger partial charge in [-0.25, -0.2) is 4.98 Å². The van der Waals surface area contributed by atoms with E-state index in [0.29, 0.717) is 17.8 Å². The van der Waals surface area contributed by atoms with E-state index in [2.05, 4.69) is 21.7 Å². The number of alkyl halides is 3. The van der Waals surface area contributed by atoms with Crippen LogP contribution in [0.15, 0.2) is 85.3 Å². The average molecular weight is 605 g/mol. The molecule has 0 aliphatic carbocycles. The van der Waals surface area contributed by atoms with Crippen LogP contribution in [-0.4, -0.2) is 38.1 Å². The molecule has 4 rings (SSSR count). The number of hydrogen-bond donors (Lipinski definition) is 2. The van der Waals surface area contributed by atoms with Crippen molar-refractivity contribution in [3.63, 3.8) is 0 Å². The molecule has 0 bridgehead atoms. The van der Waals surface area contributed by atoms with E-state index in [1.54, 1.807) is 42.5 Å². The Kier molecular flexibility index (Phi) is 10.2. The molecule has 0 fully saturated rings. The molecule has 4 aromatic rings. The van der Waals surface area contributed by atoms with Gasteiger partial charge < -0.3 is 20.1 Å². The zero-order chi connectivity index (χ0) is 31.0. The second-order valence-electron chi connectivity index (χ2n) is 10.2. The third-order valence-corrected chi connectivity index (χ3v) is 7.20. The van der Waals surface area contributed by atoms with Crippen LogP contribution in [0.3, 0.4) is 0 Å². The summed E-state index contributed by atoms with van der Waals surface area (Å²) in [5, 5.41) is 15.4. The van der Waals surface area contributed by atoms with Crippen molar-refractivity contribution in [2.24, 2.45) is 0 Å². The molecule has 1 atom stereocenters. The highest BCUT2D eigenvalue weighted by molar-refractivity contribution is 7.80. The van der Waals surface area contributed by atoms with Gasteiger partial charge in [-0.3, -0.25) is 4.79 Å². The van der Waals surface area contributed by atoms with E-state index >= 15 is 0 Å². The quantitative estimate of drug-likeness (QED) is 0.214. The van der Waals surface area contributed by atoms with E-state index in [9.17, 15) is 18.0 Å². The molecule has 43 heavy (non-hydrogen) atoms. The maximum absolute atomic E-state index is 13.8. The Morgan fingerprint density at radius 3 is 2.49 bits per heavy atom. The summed E-state index contributed by atoms with van der Waals surface area (Å²) in [6, 6.07) is 21.7. The molecular formula is C32H31F3N6OS. The van der Waals surface area contributed by atoms with E-state index in [0.717, 1.165) is 22.9 Å². The van der Waals surface area contributed by atoms with Crippen molar-refractivity contribution in [1.82, 2.24) is 19.8 Å². The number of nitrogens with zero attached hydrogens (tertiary/aromatic N) is 4. The van der Waals surface area contributed by atoms with Gasteiger partial charge in [0.2, 0.25) is 5.91 Å². The molecule has 3 aromatic carbocycles. The number of nitrogens with one attached hydrogen (secondary N) is 2. The van der Waals surface area contributed by atoms with E-state index in [1.807, 2.05) is 47.9 Å². The van der Waals surface area contributed by atoms with Crippen LogP contribution in [0.2, 0.25) is 0 Å². The molecule has 0 aliphatic heterocycles. The lowest BCUT2D eigenvalue weighted by Gasteiger charge is -2.30. The number of carbonyl (C=O) groups is 1. The van der Waals surface area contributed by atoms with Crippen molar-refractivity contribution >= 4 is 28.9 Å². The molecule has 0 spiro atoms. The molecule has 7 nitrogen and oxygen atoms in total. The second-order valence-corrected chi connectivity index (χ2v) is 10.6. The fourth-order valence-corrected chi connectivity index (χ4v) is 4.90. The third kappa shape index (κ3) is 8.66. The Labute approximate surface area is 254 Å². The number of nitriles is 1. The van der Waals surface area contributed by atoms with Gasteiger partial charge in [-0.15, -0.1) is 0 Å². The highest BCUT2D eigenvalue weighted by atomic mass is 32.1. The molecule has 0 saturated carbocycles. The zero-order valence-corrected chi connectivity index (χ0v) is 24.5. The Hall–Kier alpha value is -4.69. The number of aromatic nitrogens is 2. The van der Waals surface area contributed by atoms with Gasteiger partial charge in [0.05, 0.1) is 29.9 Å². The normalized spacial score (nSPS) is 11.8. The number of aryl methyl sites for hydroxylation is 1. The standard InChI is InChI=1S/C32H31F3N6OS/c1-22-7-3-6-10-29(22)39-31(43)40(20-26-8-4-5-9-28(26)32(33,34)35)18-23(2)38-30(42)15-27-17-37-21-41(27)19-25-13-11-24(16-36)12-14-25/h3-14,17,21,23H,15,18-20H2,1-2H3,(H,38,42)(H,39,43)/t23-/m0/s1. The van der Waals surface area contributed by atoms with Gasteiger partial charge >= 0.3 is 6.18 Å². The predicted molar refractivity (Wildman–Crippen MR) is 163 cm³/mol. The second kappa shape index (κ2) is 14.0. The molecule has 0 aliphatic rings. The molecular weight excluding hydrogens is 573 g/mol. The fourth-order valence-electron chi connectivity index (χ4n) is 4.65. The first-order valence-electron chi connectivity index (χ1n) is 13.6. The number of carbonyl (C=O) groups excluding carboxylic acids is 1. The average Bonchev–Trinajstić information content (AvgIpc) is 3.39. The topological polar surface area (TPSA) is 86.0 Å². The number of anilines is 1. The van der Waals surface area contributed by atoms with Crippen molar-refractivity contribution in [2.75, 3.05) is 11.9 Å². The molecule has 2 N–H and O–H groups in total. The van der Waals surface area contributed by atoms with Gasteiger partial charge in [0.15, 0.2) is 5.11 Å². The maximum atomic E-state index is 13.8. The number of halogens is 3. The van der Waals surface area contributed by atoms with Crippen LogP contribution in [0.1, 0.15) is 40.4 Å². The van der Waals surface area contributed by atoms with Crippen molar-refractivity contribution in [3.05, 3.63) is 119 Å². The van der Waals surface area contributed by atoms with Crippen LogP contribution in [-0.2, 0) is 30.5 Å². The summed E-state index contributed by atoms with van der Waals surface area (Å²) >= 11 is 5.66. The summed E-state index contributed by atoms with van der Waals surface area (Å²) in [6.07, 6.45) is -1.20. The van der Waals surface area contributed by atoms with Crippen LogP contribution in [0.5, 0.6) is 0 Å². The summed E-state index contributed by atoms with van der Waals surface area (Å²) in [5.74, 6) is -0.262. The number of rotatable bonds is 10. The Morgan fingerprint density at radius 2 is 1.79 bits per heavy atom. The fraction of sp³-hybridized carbons (Fsp3) is 0.250. The number of thiocarbonyl (C=S) groups is 1. The Morgan fingerprint density at radius 1 is 1.09 bits per heavy atom. The summed E-state index contributed by atoms with van der Waals surface area (Å²) in [7, 11) is 0. The van der Waals surface area contributed by atoms with E-state index in [-0.39, 0.29) is 36.1 Å². The largest absolute Gasteiger partial charge is 0.416 e. The lowest BCUT2D eigenvalue weighted by Crippen LogP contribution is -2.46. The lowest BCUT2D eigenvalue weighted by molar-refractivity contribution is -0.138. The molecule has 1 aromatic heterocycles. The monoisotopic (exact) mass is 604 g/mol. The lowest BCUT2D eigenvalue weighted by atomic mass is 10.1. The summed E-state index contributed by atoms with van der Waals surface area (Å²) in [6.45, 7) is 4.23. The van der Waals surface area contributed by atoms with Gasteiger partial charge in [0.1, 0.15) is 0 Å². The van der Waals surface area contributed by atoms with Crippen LogP contribution in [0, 0.1) is 18.3 Å². The Bertz CT molecular complexity index is 1610. The number of amides is 1. The first-order chi connectivity index (χ1) is 20.5. The molecule has 0 saturated heterocycles. The molecule has 1 amide bonds. The molecule has 11 heteroatoms. The van der Waals surface area contributed by atoms with Crippen molar-refractivity contribution in [2.45, 2.75) is 45.6 Å². The SMILES string of the molecule is Cc1ccccc1NC(=S)N(Cc1ccccc1C(F)(F)F)C[C@H](C)NC(=O)Cc1cncn1Cc1ccc(C#N)cc1. The minimum absolute atomic E-state index is 0.0590. The van der Waals surface area contributed by atoms with Gasteiger partial charge in [-0.2, -0.15) is 18.4 Å². The smallest absolute Gasteiger partial charge is 0.352 e. The van der Waals surface area contributed by atoms with Crippen LogP contribution >= 0.6 is 12.2 Å². The highest BCUT2D eigenvalue weighted by Crippen LogP contribution is 2.32. The number of imidazole rings is 1. The van der Waals surface area contributed by atoms with E-state index < -0.39 is 17.8 Å². The van der Waals surface area contributed by atoms with E-state index in [4.69, 9.17) is 17.5 Å². The minimum Gasteiger partial charge on any atom is -0.352 e. The molecule has 0 unspecified atom stereocenters. The van der Waals surface area contributed by atoms with E-state index in [1.165, 1.54) is 12.1 Å². The Balaban J connectivity index is 1.45. The molecule has 1 heterocycles. The number of benzene rings is 3. The summed E-state index contributed by atoms with van der Waals surface area (Å²) in [5.41, 5.74) is 3.24. The molecule has 0 radical (unpaired) electrons. The van der Waals surface area contributed by atoms with Crippen molar-refractivity contribution in [3.8, 4) is 6.07 Å². The minimum atomic E-state index is -4.52. The maximum Gasteiger partial charge on any atom is 0.416 e. The molecule has 222 valence electrons. The van der Waals surface area contributed by atoms with Crippen LogP contribution in [0.25, 0.3) is 0 Å². The van der Waals surface area contributed by atoms with Gasteiger partial charge in [0.25, 0.3) is 0 Å². The first kappa shape index (κ1) is 31.3. The highest BCUT2D eigenvalue weighted by Gasteiger charge is 2.33. The van der Waals surface area contributed by atoms with Crippen LogP contribution < -0.4 is 10.6 Å². The predicted octanol–water partition coefficient (Wildman–Crippen LogP) is 6.08. The van der Waals surface area contributed by atoms with Crippen molar-refractivity contribution in [1.29, 1.82) is 5.26 Å². The van der Waals surface area contributed by atoms with Gasteiger partial charge in [0, 0.05) is 43.3 Å². The van der Waals surface area contributed by atoms with Crippen LogP contribution in [0.4, 0.5) is 18.9 Å². The third-order valence-electron chi connectivity index (χ3n) is 6.84. The van der Waals surface area contributed by atoms with Gasteiger partial charge in [-0.1, -0.05) is 48.5 Å². The number of para-hydroxylation sites is 1.